The molecule has 2 aliphatic heterocycles. The van der Waals surface area contributed by atoms with E-state index in [4.69, 9.17) is 23.8 Å². The van der Waals surface area contributed by atoms with Crippen LogP contribution in [0.5, 0.6) is 0 Å². The highest BCUT2D eigenvalue weighted by Gasteiger charge is 2.38. The molecule has 1 aromatic heterocycles. The Labute approximate surface area is 122 Å². The van der Waals surface area contributed by atoms with Gasteiger partial charge in [-0.25, -0.2) is 0 Å². The van der Waals surface area contributed by atoms with Gasteiger partial charge in [0.05, 0.1) is 17.1 Å². The molecule has 1 aromatic carbocycles. The topological polar surface area (TPSA) is 24.0 Å². The van der Waals surface area contributed by atoms with Gasteiger partial charge in [0.2, 0.25) is 0 Å². The highest BCUT2D eigenvalue weighted by atomic mass is 35.5. The van der Waals surface area contributed by atoms with Gasteiger partial charge in [-0.15, -0.1) is 0 Å². The zero-order chi connectivity index (χ0) is 13.0. The van der Waals surface area contributed by atoms with E-state index in [1.54, 1.807) is 0 Å². The van der Waals surface area contributed by atoms with Crippen LogP contribution < -0.4 is 0 Å². The number of rotatable bonds is 1. The second-order valence-electron chi connectivity index (χ2n) is 5.56. The third-order valence-corrected chi connectivity index (χ3v) is 5.11. The molecule has 19 heavy (non-hydrogen) atoms. The van der Waals surface area contributed by atoms with Crippen molar-refractivity contribution in [1.29, 1.82) is 0 Å². The van der Waals surface area contributed by atoms with Gasteiger partial charge < -0.3 is 9.55 Å². The van der Waals surface area contributed by atoms with Gasteiger partial charge in [0.15, 0.2) is 4.77 Å². The zero-order valence-corrected chi connectivity index (χ0v) is 12.2. The zero-order valence-electron chi connectivity index (χ0n) is 10.6. The van der Waals surface area contributed by atoms with E-state index in [0.29, 0.717) is 12.1 Å². The Balaban J connectivity index is 1.87. The highest BCUT2D eigenvalue weighted by Crippen LogP contribution is 2.38. The Bertz CT molecular complexity index is 690. The summed E-state index contributed by atoms with van der Waals surface area (Å²) in [4.78, 5) is 5.91. The normalized spacial score (nSPS) is 27.2. The van der Waals surface area contributed by atoms with Crippen LogP contribution >= 0.6 is 23.8 Å². The third kappa shape index (κ3) is 1.77. The van der Waals surface area contributed by atoms with Crippen molar-refractivity contribution < 1.29 is 0 Å². The lowest BCUT2D eigenvalue weighted by atomic mass is 10.1. The van der Waals surface area contributed by atoms with Crippen LogP contribution in [-0.2, 0) is 0 Å². The Morgan fingerprint density at radius 1 is 1.21 bits per heavy atom. The van der Waals surface area contributed by atoms with E-state index in [9.17, 15) is 0 Å². The number of benzene rings is 1. The molecule has 1 N–H and O–H groups in total. The van der Waals surface area contributed by atoms with Crippen molar-refractivity contribution in [1.82, 2.24) is 14.5 Å². The van der Waals surface area contributed by atoms with E-state index >= 15 is 0 Å². The van der Waals surface area contributed by atoms with Gasteiger partial charge in [-0.1, -0.05) is 11.6 Å². The summed E-state index contributed by atoms with van der Waals surface area (Å²) in [6, 6.07) is 7.18. The van der Waals surface area contributed by atoms with E-state index in [2.05, 4.69) is 20.5 Å². The van der Waals surface area contributed by atoms with Crippen molar-refractivity contribution in [2.24, 2.45) is 0 Å². The molecule has 0 amide bonds. The number of nitrogens with one attached hydrogen (secondary N) is 1. The van der Waals surface area contributed by atoms with Crippen LogP contribution in [0.2, 0.25) is 5.02 Å². The number of imidazole rings is 1. The molecule has 0 saturated carbocycles. The van der Waals surface area contributed by atoms with Gasteiger partial charge in [-0.2, -0.15) is 0 Å². The smallest absolute Gasteiger partial charge is 0.178 e. The van der Waals surface area contributed by atoms with E-state index in [1.165, 1.54) is 37.9 Å². The van der Waals surface area contributed by atoms with Crippen LogP contribution in [0, 0.1) is 4.77 Å². The first-order chi connectivity index (χ1) is 9.24. The predicted molar refractivity (Wildman–Crippen MR) is 80.4 cm³/mol. The quantitative estimate of drug-likeness (QED) is 0.810. The summed E-state index contributed by atoms with van der Waals surface area (Å²) in [6.07, 6.45) is 3.82. The number of hydrogen-bond donors (Lipinski definition) is 1. The largest absolute Gasteiger partial charge is 0.331 e. The lowest BCUT2D eigenvalue weighted by molar-refractivity contribution is 0.291. The summed E-state index contributed by atoms with van der Waals surface area (Å²) in [6.45, 7) is 2.46. The number of halogens is 1. The number of hydrogen-bond acceptors (Lipinski definition) is 2. The Morgan fingerprint density at radius 2 is 2.11 bits per heavy atom. The van der Waals surface area contributed by atoms with Gasteiger partial charge in [0.1, 0.15) is 0 Å². The summed E-state index contributed by atoms with van der Waals surface area (Å²) < 4.78 is 3.15. The van der Waals surface area contributed by atoms with Crippen LogP contribution in [0.1, 0.15) is 25.3 Å². The molecule has 4 rings (SSSR count). The van der Waals surface area contributed by atoms with Crippen LogP contribution in [0.4, 0.5) is 0 Å². The fraction of sp³-hybridized carbons (Fsp3) is 0.500. The minimum absolute atomic E-state index is 0.518. The summed E-state index contributed by atoms with van der Waals surface area (Å²) in [5.74, 6) is 0. The number of H-pyrrole nitrogens is 1. The maximum atomic E-state index is 6.06. The number of fused-ring (bicyclic) bond motifs is 2. The molecule has 3 heterocycles. The van der Waals surface area contributed by atoms with Crippen molar-refractivity contribution in [3.63, 3.8) is 0 Å². The Kier molecular flexibility index (Phi) is 2.72. The van der Waals surface area contributed by atoms with Crippen LogP contribution in [0.15, 0.2) is 18.2 Å². The van der Waals surface area contributed by atoms with E-state index < -0.39 is 0 Å². The van der Waals surface area contributed by atoms with E-state index in [-0.39, 0.29) is 0 Å². The van der Waals surface area contributed by atoms with Crippen molar-refractivity contribution in [3.8, 4) is 0 Å². The number of aromatic amines is 1. The summed E-state index contributed by atoms with van der Waals surface area (Å²) in [7, 11) is 0. The average molecular weight is 294 g/mol. The molecular weight excluding hydrogens is 278 g/mol. The first kappa shape index (κ1) is 11.9. The van der Waals surface area contributed by atoms with Gasteiger partial charge in [-0.3, -0.25) is 4.90 Å². The maximum absolute atomic E-state index is 6.06. The minimum atomic E-state index is 0.518. The van der Waals surface area contributed by atoms with Crippen LogP contribution in [0.25, 0.3) is 11.0 Å². The fourth-order valence-electron chi connectivity index (χ4n) is 3.79. The van der Waals surface area contributed by atoms with Gasteiger partial charge in [-0.05, 0) is 56.2 Å². The van der Waals surface area contributed by atoms with Crippen molar-refractivity contribution >= 4 is 34.9 Å². The van der Waals surface area contributed by atoms with E-state index in [0.717, 1.165) is 15.3 Å². The second kappa shape index (κ2) is 4.33. The molecule has 2 aliphatic rings. The molecular formula is C14H16ClN3S. The molecule has 2 saturated heterocycles. The first-order valence-corrected chi connectivity index (χ1v) is 7.66. The molecule has 2 atom stereocenters. The molecule has 3 nitrogen and oxygen atoms in total. The van der Waals surface area contributed by atoms with Crippen molar-refractivity contribution in [3.05, 3.63) is 28.0 Å². The molecule has 0 aliphatic carbocycles. The first-order valence-electron chi connectivity index (χ1n) is 6.88. The fourth-order valence-corrected chi connectivity index (χ4v) is 4.31. The monoisotopic (exact) mass is 293 g/mol. The molecule has 2 aromatic rings. The molecule has 0 radical (unpaired) electrons. The Morgan fingerprint density at radius 3 is 3.00 bits per heavy atom. The minimum Gasteiger partial charge on any atom is -0.331 e. The van der Waals surface area contributed by atoms with E-state index in [1.807, 2.05) is 12.1 Å². The number of nitrogens with zero attached hydrogens (tertiary/aromatic N) is 2. The SMILES string of the molecule is S=c1[nH]c2cc(Cl)ccc2n1C1CCN2CCCC12. The average Bonchev–Trinajstić information content (AvgIpc) is 3.02. The summed E-state index contributed by atoms with van der Waals surface area (Å²) >= 11 is 11.6. The number of aromatic nitrogens is 2. The maximum Gasteiger partial charge on any atom is 0.178 e. The second-order valence-corrected chi connectivity index (χ2v) is 6.39. The molecule has 2 unspecified atom stereocenters. The van der Waals surface area contributed by atoms with Gasteiger partial charge in [0.25, 0.3) is 0 Å². The highest BCUT2D eigenvalue weighted by molar-refractivity contribution is 7.71. The molecule has 5 heteroatoms. The van der Waals surface area contributed by atoms with Gasteiger partial charge >= 0.3 is 0 Å². The molecule has 100 valence electrons. The van der Waals surface area contributed by atoms with Crippen molar-refractivity contribution in [2.75, 3.05) is 13.1 Å². The van der Waals surface area contributed by atoms with Gasteiger partial charge in [0, 0.05) is 17.6 Å². The lowest BCUT2D eigenvalue weighted by Crippen LogP contribution is -2.27. The standard InChI is InChI=1S/C14H16ClN3S/c15-9-3-4-11-10(8-9)16-14(19)18(11)13-5-7-17-6-1-2-12(13)17/h3-4,8,12-13H,1-2,5-7H2,(H,16,19). The molecule has 0 spiro atoms. The van der Waals surface area contributed by atoms with Crippen molar-refractivity contribution in [2.45, 2.75) is 31.3 Å². The predicted octanol–water partition coefficient (Wildman–Crippen LogP) is 3.76. The van der Waals surface area contributed by atoms with Crippen LogP contribution in [0.3, 0.4) is 0 Å². The van der Waals surface area contributed by atoms with Crippen LogP contribution in [-0.4, -0.2) is 33.6 Å². The Hall–Kier alpha value is -0.840. The summed E-state index contributed by atoms with van der Waals surface area (Å²) in [5, 5.41) is 0.754. The third-order valence-electron chi connectivity index (χ3n) is 4.58. The lowest BCUT2D eigenvalue weighted by Gasteiger charge is -2.22. The molecule has 2 fully saturated rings. The molecule has 0 bridgehead atoms. The summed E-state index contributed by atoms with van der Waals surface area (Å²) in [5.41, 5.74) is 2.24.